The summed E-state index contributed by atoms with van der Waals surface area (Å²) < 4.78 is 74.3. The van der Waals surface area contributed by atoms with E-state index < -0.39 is 48.8 Å². The van der Waals surface area contributed by atoms with Gasteiger partial charge in [-0.05, 0) is 111 Å². The maximum Gasteiger partial charge on any atom is 0.318 e. The first-order valence-corrected chi connectivity index (χ1v) is 20.5. The summed E-state index contributed by atoms with van der Waals surface area (Å²) in [5, 5.41) is 28.3. The van der Waals surface area contributed by atoms with Crippen LogP contribution in [0.15, 0.2) is 139 Å². The molecule has 14 nitrogen and oxygen atoms in total. The fourth-order valence-corrected chi connectivity index (χ4v) is 7.88. The van der Waals surface area contributed by atoms with Gasteiger partial charge in [0.25, 0.3) is 10.1 Å². The Balaban J connectivity index is 1.29. The number of rotatable bonds is 13. The van der Waals surface area contributed by atoms with Gasteiger partial charge in [-0.3, -0.25) is 8.86 Å². The van der Waals surface area contributed by atoms with Crippen LogP contribution in [0.4, 0.5) is 34.1 Å². The van der Waals surface area contributed by atoms with E-state index in [1.807, 2.05) is 45.0 Å². The summed E-state index contributed by atoms with van der Waals surface area (Å²) in [4.78, 5) is -0.625. The molecule has 0 aliphatic carbocycles. The average molecular weight is 813 g/mol. The zero-order chi connectivity index (χ0) is 40.1. The molecule has 2 atom stereocenters. The molecule has 0 saturated heterocycles. The highest BCUT2D eigenvalue weighted by atomic mass is 32.2. The van der Waals surface area contributed by atoms with E-state index in [0.717, 1.165) is 22.9 Å². The van der Waals surface area contributed by atoms with Crippen molar-refractivity contribution in [3.8, 4) is 17.2 Å². The Morgan fingerprint density at radius 3 is 1.98 bits per heavy atom. The molecule has 6 aromatic carbocycles. The van der Waals surface area contributed by atoms with Crippen LogP contribution >= 0.6 is 0 Å². The highest BCUT2D eigenvalue weighted by Gasteiger charge is 2.25. The van der Waals surface area contributed by atoms with Gasteiger partial charge in [0.15, 0.2) is 5.75 Å². The molecule has 4 N–H and O–H groups in total. The van der Waals surface area contributed by atoms with Gasteiger partial charge >= 0.3 is 11.3 Å². The molecule has 288 valence electrons. The summed E-state index contributed by atoms with van der Waals surface area (Å²) in [6.07, 6.45) is 0. The van der Waals surface area contributed by atoms with Crippen LogP contribution in [-0.4, -0.2) is 33.0 Å². The minimum atomic E-state index is -4.95. The molecule has 0 spiro atoms. The van der Waals surface area contributed by atoms with Crippen LogP contribution in [0.25, 0.3) is 10.8 Å². The molecular weight excluding hydrogens is 777 g/mol. The summed E-state index contributed by atoms with van der Waals surface area (Å²) in [5.74, 6) is -0.0243. The minimum Gasteiger partial charge on any atom is -0.505 e. The van der Waals surface area contributed by atoms with E-state index in [0.29, 0.717) is 29.3 Å². The number of nitrogens with two attached hydrogens (primary N) is 1. The Morgan fingerprint density at radius 2 is 1.34 bits per heavy atom. The van der Waals surface area contributed by atoms with E-state index in [1.54, 1.807) is 71.9 Å². The largest absolute Gasteiger partial charge is 0.505 e. The lowest BCUT2D eigenvalue weighted by molar-refractivity contribution is 0.472. The van der Waals surface area contributed by atoms with E-state index in [1.165, 1.54) is 18.2 Å². The maximum absolute atomic E-state index is 13.2. The van der Waals surface area contributed by atoms with Crippen LogP contribution in [-0.2, 0) is 32.5 Å². The third-order valence-corrected chi connectivity index (χ3v) is 11.5. The molecule has 56 heavy (non-hydrogen) atoms. The van der Waals surface area contributed by atoms with Gasteiger partial charge in [0.1, 0.15) is 38.4 Å². The summed E-state index contributed by atoms with van der Waals surface area (Å²) in [6, 6.07) is 29.7. The molecule has 0 amide bonds. The summed E-state index contributed by atoms with van der Waals surface area (Å²) in [7, 11) is -4.95. The number of azo groups is 2. The molecule has 6 aromatic rings. The van der Waals surface area contributed by atoms with Gasteiger partial charge in [-0.15, -0.1) is 15.3 Å². The van der Waals surface area contributed by atoms with Gasteiger partial charge in [-0.1, -0.05) is 47.5 Å². The topological polar surface area (TPSA) is 206 Å². The van der Waals surface area contributed by atoms with Crippen molar-refractivity contribution in [2.24, 2.45) is 20.5 Å². The van der Waals surface area contributed by atoms with Crippen LogP contribution in [0.5, 0.6) is 17.2 Å². The molecule has 6 rings (SSSR count). The fourth-order valence-electron chi connectivity index (χ4n) is 5.51. The highest BCUT2D eigenvalue weighted by molar-refractivity contribution is 7.86. The second-order valence-electron chi connectivity index (χ2n) is 12.4. The number of aromatic hydroxyl groups is 1. The monoisotopic (exact) mass is 812 g/mol. The van der Waals surface area contributed by atoms with Crippen LogP contribution in [0.1, 0.15) is 23.6 Å². The normalized spacial score (nSPS) is 12.9. The first kappa shape index (κ1) is 39.7. The molecule has 2 unspecified atom stereocenters. The second-order valence-corrected chi connectivity index (χ2v) is 15.9. The Hall–Kier alpha value is -6.01. The van der Waals surface area contributed by atoms with Gasteiger partial charge < -0.3 is 19.2 Å². The number of nitrogen functional groups attached to an aromatic ring is 1. The molecule has 17 heteroatoms. The minimum absolute atomic E-state index is 0.0225. The third-order valence-electron chi connectivity index (χ3n) is 8.37. The van der Waals surface area contributed by atoms with Crippen molar-refractivity contribution in [3.63, 3.8) is 0 Å². The Morgan fingerprint density at radius 1 is 0.750 bits per heavy atom. The van der Waals surface area contributed by atoms with Crippen LogP contribution in [0.3, 0.4) is 0 Å². The molecular formula is C39H36N6O8S3. The van der Waals surface area contributed by atoms with Crippen molar-refractivity contribution in [2.45, 2.75) is 37.5 Å². The van der Waals surface area contributed by atoms with Crippen molar-refractivity contribution in [3.05, 3.63) is 126 Å². The Kier molecular flexibility index (Phi) is 11.9. The summed E-state index contributed by atoms with van der Waals surface area (Å²) >= 11 is -3.86. The van der Waals surface area contributed by atoms with Crippen molar-refractivity contribution >= 4 is 77.4 Å². The molecule has 0 aromatic heterocycles. The van der Waals surface area contributed by atoms with Gasteiger partial charge in [0.05, 0.1) is 22.4 Å². The quantitative estimate of drug-likeness (QED) is 0.0576. The first-order chi connectivity index (χ1) is 26.7. The van der Waals surface area contributed by atoms with Crippen LogP contribution < -0.4 is 18.4 Å². The predicted molar refractivity (Wildman–Crippen MR) is 217 cm³/mol. The van der Waals surface area contributed by atoms with Crippen molar-refractivity contribution in [1.82, 2.24) is 0 Å². The Bertz CT molecular complexity index is 2640. The molecule has 0 fully saturated rings. The first-order valence-electron chi connectivity index (χ1n) is 16.9. The van der Waals surface area contributed by atoms with Gasteiger partial charge in [0.2, 0.25) is 11.1 Å². The smallest absolute Gasteiger partial charge is 0.318 e. The molecule has 0 aliphatic heterocycles. The van der Waals surface area contributed by atoms with Crippen molar-refractivity contribution < 1.29 is 34.9 Å². The maximum atomic E-state index is 13.2. The number of phenols is 1. The van der Waals surface area contributed by atoms with E-state index in [2.05, 4.69) is 20.5 Å². The van der Waals surface area contributed by atoms with E-state index in [-0.39, 0.29) is 32.7 Å². The van der Waals surface area contributed by atoms with Gasteiger partial charge in [0, 0.05) is 6.54 Å². The number of anilines is 2. The number of fused-ring (bicyclic) bond motifs is 1. The number of hydrogen-bond donors (Lipinski definition) is 3. The predicted octanol–water partition coefficient (Wildman–Crippen LogP) is 9.72. The second kappa shape index (κ2) is 16.8. The zero-order valence-corrected chi connectivity index (χ0v) is 32.9. The molecule has 0 heterocycles. The van der Waals surface area contributed by atoms with Gasteiger partial charge in [-0.2, -0.15) is 17.7 Å². The third kappa shape index (κ3) is 8.92. The number of benzene rings is 6. The van der Waals surface area contributed by atoms with Gasteiger partial charge in [-0.25, -0.2) is 4.21 Å². The molecule has 0 radical (unpaired) electrons. The molecule has 0 saturated carbocycles. The van der Waals surface area contributed by atoms with Crippen molar-refractivity contribution in [2.75, 3.05) is 16.6 Å². The van der Waals surface area contributed by atoms with E-state index >= 15 is 0 Å². The number of hydrogen-bond acceptors (Lipinski definition) is 12. The Labute approximate surface area is 328 Å². The lowest BCUT2D eigenvalue weighted by atomic mass is 10.0. The van der Waals surface area contributed by atoms with E-state index in [9.17, 15) is 26.5 Å². The molecule has 0 aliphatic rings. The van der Waals surface area contributed by atoms with E-state index in [4.69, 9.17) is 14.1 Å². The zero-order valence-electron chi connectivity index (χ0n) is 30.5. The summed E-state index contributed by atoms with van der Waals surface area (Å²) in [6.45, 7) is 7.86. The number of aryl methyl sites for hydroxylation is 3. The van der Waals surface area contributed by atoms with Crippen LogP contribution in [0.2, 0.25) is 0 Å². The number of nitrogens with zero attached hydrogens (tertiary/aromatic N) is 5. The molecule has 0 bridgehead atoms. The SMILES string of the molecule is CCN(c1ccc(C)cc1)S(=O)Oc1ccc(N=Nc2c(C)cc3cc(S(=O)(=O)O)c(N=Nc4ccccc4S(=O)Oc4ccc(C)cc4)c(O)c3c2N)cc1. The highest BCUT2D eigenvalue weighted by Crippen LogP contribution is 2.47. The summed E-state index contributed by atoms with van der Waals surface area (Å²) in [5.41, 5.74) is 9.76. The van der Waals surface area contributed by atoms with Crippen molar-refractivity contribution in [1.29, 1.82) is 0 Å². The lowest BCUT2D eigenvalue weighted by Gasteiger charge is -2.20. The van der Waals surface area contributed by atoms with Crippen LogP contribution in [0, 0.1) is 20.8 Å². The average Bonchev–Trinajstić information content (AvgIpc) is 3.16. The fraction of sp³-hybridized carbons (Fsp3) is 0.128. The lowest BCUT2D eigenvalue weighted by Crippen LogP contribution is -2.28. The number of phenolic OH excluding ortho intramolecular Hbond substituents is 1. The standard InChI is InChI=1S/C39H36N6O8S3/c1-5-45(29-16-10-24(2)11-17-29)55(48)53-31-20-14-28(15-21-31)41-43-37-26(4)22-27-23-34(56(49,50)51)38(39(46)35(27)36(37)40)44-42-32-8-6-7-9-33(32)54(47)52-30-18-12-25(3)13-19-30/h6-23,46H,5,40H2,1-4H3,(H,49,50,51).